The van der Waals surface area contributed by atoms with Gasteiger partial charge in [-0.05, 0) is 30.7 Å². The largest absolute Gasteiger partial charge is 0.363 e. The lowest BCUT2D eigenvalue weighted by molar-refractivity contribution is -0.137. The standard InChI is InChI=1S/C26H23N5O3/c1-17-15-21(19-11-6-3-7-12-19)30-31(17)25-20(13-8-14-28-25)26(34)29-22(23(32)24(27)33)16-18-9-4-2-5-10-18/h2-15,22H,16H2,1H3,(H2,27,33)(H,29,34). The van der Waals surface area contributed by atoms with Crippen LogP contribution in [0.3, 0.4) is 0 Å². The van der Waals surface area contributed by atoms with Crippen LogP contribution in [-0.4, -0.2) is 38.4 Å². The summed E-state index contributed by atoms with van der Waals surface area (Å²) in [4.78, 5) is 41.7. The summed E-state index contributed by atoms with van der Waals surface area (Å²) in [5.41, 5.74) is 8.68. The molecule has 2 aromatic heterocycles. The molecule has 3 N–H and O–H groups in total. The van der Waals surface area contributed by atoms with Gasteiger partial charge in [-0.3, -0.25) is 14.4 Å². The number of pyridine rings is 1. The Kier molecular flexibility index (Phi) is 6.59. The molecular weight excluding hydrogens is 430 g/mol. The van der Waals surface area contributed by atoms with Gasteiger partial charge in [0, 0.05) is 23.9 Å². The lowest BCUT2D eigenvalue weighted by Gasteiger charge is -2.17. The summed E-state index contributed by atoms with van der Waals surface area (Å²) >= 11 is 0. The Morgan fingerprint density at radius 2 is 1.65 bits per heavy atom. The molecule has 0 aliphatic rings. The van der Waals surface area contributed by atoms with Crippen molar-refractivity contribution in [2.24, 2.45) is 5.73 Å². The molecule has 170 valence electrons. The van der Waals surface area contributed by atoms with Gasteiger partial charge in [-0.1, -0.05) is 60.7 Å². The summed E-state index contributed by atoms with van der Waals surface area (Å²) in [7, 11) is 0. The summed E-state index contributed by atoms with van der Waals surface area (Å²) in [5.74, 6) is -2.23. The van der Waals surface area contributed by atoms with Crippen molar-refractivity contribution in [3.05, 3.63) is 102 Å². The minimum absolute atomic E-state index is 0.128. The molecule has 0 bridgehead atoms. The molecular formula is C26H23N5O3. The third-order valence-electron chi connectivity index (χ3n) is 5.34. The first-order valence-electron chi connectivity index (χ1n) is 10.7. The number of nitrogens with zero attached hydrogens (tertiary/aromatic N) is 3. The average Bonchev–Trinajstić information content (AvgIpc) is 3.25. The normalized spacial score (nSPS) is 11.6. The third kappa shape index (κ3) is 4.91. The topological polar surface area (TPSA) is 120 Å². The van der Waals surface area contributed by atoms with Crippen molar-refractivity contribution in [3.8, 4) is 17.1 Å². The van der Waals surface area contributed by atoms with Crippen LogP contribution in [0.15, 0.2) is 85.1 Å². The van der Waals surface area contributed by atoms with Crippen LogP contribution in [0.2, 0.25) is 0 Å². The van der Waals surface area contributed by atoms with Crippen LogP contribution in [-0.2, 0) is 16.0 Å². The number of aryl methyl sites for hydroxylation is 1. The Balaban J connectivity index is 1.65. The highest BCUT2D eigenvalue weighted by Gasteiger charge is 2.27. The Morgan fingerprint density at radius 3 is 2.32 bits per heavy atom. The molecule has 8 nitrogen and oxygen atoms in total. The summed E-state index contributed by atoms with van der Waals surface area (Å²) in [5, 5.41) is 7.30. The summed E-state index contributed by atoms with van der Waals surface area (Å²) in [6, 6.07) is 22.7. The van der Waals surface area contributed by atoms with Gasteiger partial charge in [0.1, 0.15) is 6.04 Å². The van der Waals surface area contributed by atoms with Crippen LogP contribution in [0.1, 0.15) is 21.6 Å². The zero-order chi connectivity index (χ0) is 24.1. The summed E-state index contributed by atoms with van der Waals surface area (Å²) in [6.07, 6.45) is 1.69. The zero-order valence-corrected chi connectivity index (χ0v) is 18.5. The van der Waals surface area contributed by atoms with Gasteiger partial charge >= 0.3 is 0 Å². The van der Waals surface area contributed by atoms with Crippen LogP contribution in [0, 0.1) is 6.92 Å². The number of carbonyl (C=O) groups is 3. The quantitative estimate of drug-likeness (QED) is 0.398. The first kappa shape index (κ1) is 22.6. The Bertz CT molecular complexity index is 1330. The predicted octanol–water partition coefficient (Wildman–Crippen LogP) is 2.64. The number of primary amides is 1. The molecule has 0 aliphatic carbocycles. The maximum absolute atomic E-state index is 13.3. The maximum Gasteiger partial charge on any atom is 0.287 e. The van der Waals surface area contributed by atoms with Gasteiger partial charge in [-0.15, -0.1) is 0 Å². The Labute approximate surface area is 196 Å². The smallest absolute Gasteiger partial charge is 0.287 e. The number of hydrogen-bond donors (Lipinski definition) is 2. The monoisotopic (exact) mass is 453 g/mol. The molecule has 2 heterocycles. The van der Waals surface area contributed by atoms with Gasteiger partial charge in [-0.2, -0.15) is 5.10 Å². The van der Waals surface area contributed by atoms with Gasteiger partial charge in [0.2, 0.25) is 5.78 Å². The fourth-order valence-electron chi connectivity index (χ4n) is 3.65. The van der Waals surface area contributed by atoms with Crippen molar-refractivity contribution in [2.45, 2.75) is 19.4 Å². The second kappa shape index (κ2) is 9.91. The van der Waals surface area contributed by atoms with Gasteiger partial charge < -0.3 is 11.1 Å². The van der Waals surface area contributed by atoms with Gasteiger partial charge in [0.25, 0.3) is 11.8 Å². The van der Waals surface area contributed by atoms with Gasteiger partial charge in [-0.25, -0.2) is 9.67 Å². The highest BCUT2D eigenvalue weighted by atomic mass is 16.2. The van der Waals surface area contributed by atoms with E-state index >= 15 is 0 Å². The van der Waals surface area contributed by atoms with E-state index in [0.717, 1.165) is 22.5 Å². The number of carbonyl (C=O) groups excluding carboxylic acids is 3. The summed E-state index contributed by atoms with van der Waals surface area (Å²) in [6.45, 7) is 1.87. The number of nitrogens with one attached hydrogen (secondary N) is 1. The van der Waals surface area contributed by atoms with Crippen LogP contribution < -0.4 is 11.1 Å². The summed E-state index contributed by atoms with van der Waals surface area (Å²) < 4.78 is 1.58. The van der Waals surface area contributed by atoms with Crippen molar-refractivity contribution in [1.82, 2.24) is 20.1 Å². The second-order valence-electron chi connectivity index (χ2n) is 7.77. The van der Waals surface area contributed by atoms with E-state index in [-0.39, 0.29) is 12.0 Å². The predicted molar refractivity (Wildman–Crippen MR) is 127 cm³/mol. The number of amides is 2. The van der Waals surface area contributed by atoms with Crippen molar-refractivity contribution in [3.63, 3.8) is 0 Å². The molecule has 1 atom stereocenters. The number of aromatic nitrogens is 3. The van der Waals surface area contributed by atoms with E-state index in [4.69, 9.17) is 5.73 Å². The van der Waals surface area contributed by atoms with E-state index in [2.05, 4.69) is 15.4 Å². The SMILES string of the molecule is Cc1cc(-c2ccccc2)nn1-c1ncccc1C(=O)NC(Cc1ccccc1)C(=O)C(N)=O. The molecule has 0 saturated carbocycles. The lowest BCUT2D eigenvalue weighted by atomic mass is 10.0. The molecule has 0 saturated heterocycles. The lowest BCUT2D eigenvalue weighted by Crippen LogP contribution is -2.47. The first-order chi connectivity index (χ1) is 16.4. The number of ketones is 1. The van der Waals surface area contributed by atoms with Crippen molar-refractivity contribution in [2.75, 3.05) is 0 Å². The molecule has 0 aliphatic heterocycles. The van der Waals surface area contributed by atoms with Gasteiger partial charge in [0.15, 0.2) is 5.82 Å². The number of rotatable bonds is 8. The van der Waals surface area contributed by atoms with Crippen molar-refractivity contribution < 1.29 is 14.4 Å². The number of nitrogens with two attached hydrogens (primary N) is 1. The van der Waals surface area contributed by atoms with E-state index in [1.54, 1.807) is 35.1 Å². The zero-order valence-electron chi connectivity index (χ0n) is 18.5. The van der Waals surface area contributed by atoms with Crippen LogP contribution in [0.5, 0.6) is 0 Å². The van der Waals surface area contributed by atoms with E-state index < -0.39 is 23.6 Å². The minimum Gasteiger partial charge on any atom is -0.363 e. The highest BCUT2D eigenvalue weighted by molar-refractivity contribution is 6.38. The van der Waals surface area contributed by atoms with E-state index in [1.807, 2.05) is 61.5 Å². The molecule has 8 heteroatoms. The number of Topliss-reactive ketones (excluding diaryl/α,β-unsaturated/α-hetero) is 1. The molecule has 0 radical (unpaired) electrons. The minimum atomic E-state index is -1.11. The molecule has 0 fully saturated rings. The molecule has 1 unspecified atom stereocenters. The molecule has 2 amide bonds. The van der Waals surface area contributed by atoms with Crippen molar-refractivity contribution >= 4 is 17.6 Å². The first-order valence-corrected chi connectivity index (χ1v) is 10.7. The van der Waals surface area contributed by atoms with Crippen molar-refractivity contribution in [1.29, 1.82) is 0 Å². The molecule has 0 spiro atoms. The fourth-order valence-corrected chi connectivity index (χ4v) is 3.65. The van der Waals surface area contributed by atoms with Crippen LogP contribution in [0.4, 0.5) is 0 Å². The fraction of sp³-hybridized carbons (Fsp3) is 0.115. The van der Waals surface area contributed by atoms with E-state index in [9.17, 15) is 14.4 Å². The third-order valence-corrected chi connectivity index (χ3v) is 5.34. The Hall–Kier alpha value is -4.59. The van der Waals surface area contributed by atoms with E-state index in [0.29, 0.717) is 5.82 Å². The number of hydrogen-bond acceptors (Lipinski definition) is 5. The second-order valence-corrected chi connectivity index (χ2v) is 7.77. The van der Waals surface area contributed by atoms with E-state index in [1.165, 1.54) is 0 Å². The molecule has 4 rings (SSSR count). The highest BCUT2D eigenvalue weighted by Crippen LogP contribution is 2.22. The average molecular weight is 454 g/mol. The molecule has 4 aromatic rings. The number of benzene rings is 2. The molecule has 2 aromatic carbocycles. The Morgan fingerprint density at radius 1 is 0.971 bits per heavy atom. The van der Waals surface area contributed by atoms with Gasteiger partial charge in [0.05, 0.1) is 11.3 Å². The maximum atomic E-state index is 13.3. The van der Waals surface area contributed by atoms with Crippen LogP contribution in [0.25, 0.3) is 17.1 Å². The van der Waals surface area contributed by atoms with Crippen LogP contribution >= 0.6 is 0 Å². The molecule has 34 heavy (non-hydrogen) atoms.